The first-order valence-corrected chi connectivity index (χ1v) is 9.36. The lowest BCUT2D eigenvalue weighted by Gasteiger charge is -2.58. The SMILES string of the molecule is O=C(Nc1ccc(Cl)c(Cl)c1)N(S)C12CC3CC(CC(C3)C1)C2. The molecule has 0 heterocycles. The largest absolute Gasteiger partial charge is 0.332 e. The Morgan fingerprint density at radius 1 is 1.09 bits per heavy atom. The van der Waals surface area contributed by atoms with Gasteiger partial charge >= 0.3 is 6.03 Å². The minimum atomic E-state index is -0.173. The van der Waals surface area contributed by atoms with Crippen LogP contribution in [0.3, 0.4) is 0 Å². The first-order chi connectivity index (χ1) is 10.9. The van der Waals surface area contributed by atoms with E-state index in [1.807, 2.05) is 0 Å². The van der Waals surface area contributed by atoms with Gasteiger partial charge in [-0.05, 0) is 74.5 Å². The van der Waals surface area contributed by atoms with E-state index < -0.39 is 0 Å². The molecule has 0 radical (unpaired) electrons. The van der Waals surface area contributed by atoms with Crippen molar-refractivity contribution in [2.45, 2.75) is 44.1 Å². The number of carbonyl (C=O) groups is 1. The van der Waals surface area contributed by atoms with Crippen LogP contribution in [0.25, 0.3) is 0 Å². The van der Waals surface area contributed by atoms with Crippen LogP contribution in [0.1, 0.15) is 38.5 Å². The zero-order valence-electron chi connectivity index (χ0n) is 12.8. The Bertz CT molecular complexity index is 616. The van der Waals surface area contributed by atoms with Crippen LogP contribution in [0.4, 0.5) is 10.5 Å². The van der Waals surface area contributed by atoms with Crippen molar-refractivity contribution >= 4 is 47.7 Å². The van der Waals surface area contributed by atoms with E-state index in [0.29, 0.717) is 15.7 Å². The van der Waals surface area contributed by atoms with Crippen molar-refractivity contribution in [2.24, 2.45) is 17.8 Å². The normalized spacial score (nSPS) is 34.5. The summed E-state index contributed by atoms with van der Waals surface area (Å²) in [7, 11) is 0. The molecule has 4 aliphatic rings. The minimum Gasteiger partial charge on any atom is -0.307 e. The lowest BCUT2D eigenvalue weighted by molar-refractivity contribution is -0.0394. The van der Waals surface area contributed by atoms with Crippen LogP contribution < -0.4 is 5.32 Å². The van der Waals surface area contributed by atoms with Crippen LogP contribution in [0.15, 0.2) is 18.2 Å². The number of anilines is 1. The molecule has 1 aromatic rings. The molecule has 6 heteroatoms. The van der Waals surface area contributed by atoms with Crippen molar-refractivity contribution in [3.63, 3.8) is 0 Å². The summed E-state index contributed by atoms with van der Waals surface area (Å²) in [6.45, 7) is 0. The second-order valence-corrected chi connectivity index (χ2v) is 8.73. The highest BCUT2D eigenvalue weighted by Gasteiger charge is 2.54. The Kier molecular flexibility index (Phi) is 3.98. The van der Waals surface area contributed by atoms with E-state index >= 15 is 0 Å². The molecule has 124 valence electrons. The lowest BCUT2D eigenvalue weighted by atomic mass is 9.53. The number of halogens is 2. The van der Waals surface area contributed by atoms with E-state index in [-0.39, 0.29) is 11.6 Å². The molecule has 3 nitrogen and oxygen atoms in total. The van der Waals surface area contributed by atoms with Gasteiger partial charge in [-0.2, -0.15) is 0 Å². The smallest absolute Gasteiger partial charge is 0.307 e. The van der Waals surface area contributed by atoms with Crippen molar-refractivity contribution in [1.29, 1.82) is 0 Å². The van der Waals surface area contributed by atoms with Gasteiger partial charge in [-0.1, -0.05) is 36.0 Å². The number of benzene rings is 1. The van der Waals surface area contributed by atoms with Crippen LogP contribution in [-0.4, -0.2) is 15.9 Å². The first-order valence-electron chi connectivity index (χ1n) is 8.20. The molecule has 2 amide bonds. The Hall–Kier alpha value is -0.580. The second kappa shape index (κ2) is 5.75. The second-order valence-electron chi connectivity index (χ2n) is 7.51. The summed E-state index contributed by atoms with van der Waals surface area (Å²) in [5.41, 5.74) is 0.575. The summed E-state index contributed by atoms with van der Waals surface area (Å²) in [4.78, 5) is 12.7. The Labute approximate surface area is 152 Å². The average molecular weight is 371 g/mol. The molecule has 4 fully saturated rings. The number of nitrogens with zero attached hydrogens (tertiary/aromatic N) is 1. The van der Waals surface area contributed by atoms with Gasteiger partial charge < -0.3 is 5.32 Å². The number of hydrogen-bond donors (Lipinski definition) is 2. The van der Waals surface area contributed by atoms with Crippen molar-refractivity contribution in [1.82, 2.24) is 4.31 Å². The third-order valence-electron chi connectivity index (χ3n) is 5.82. The maximum absolute atomic E-state index is 12.7. The highest BCUT2D eigenvalue weighted by atomic mass is 35.5. The molecule has 0 saturated heterocycles. The molecule has 0 unspecified atom stereocenters. The van der Waals surface area contributed by atoms with Crippen molar-refractivity contribution in [3.05, 3.63) is 28.2 Å². The third-order valence-corrected chi connectivity index (χ3v) is 7.16. The quantitative estimate of drug-likeness (QED) is 0.648. The standard InChI is InChI=1S/C17H20Cl2N2OS/c18-14-2-1-13(6-15(14)19)20-16(22)21(23)17-7-10-3-11(8-17)5-12(4-10)9-17/h1-2,6,10-12,23H,3-5,7-9H2,(H,20,22). The van der Waals surface area contributed by atoms with Crippen LogP contribution >= 0.6 is 36.0 Å². The average Bonchev–Trinajstić information content (AvgIpc) is 2.49. The highest BCUT2D eigenvalue weighted by Crippen LogP contribution is 2.58. The fourth-order valence-electron chi connectivity index (χ4n) is 5.29. The molecule has 4 aliphatic carbocycles. The predicted molar refractivity (Wildman–Crippen MR) is 97.2 cm³/mol. The lowest BCUT2D eigenvalue weighted by Crippen LogP contribution is -2.59. The van der Waals surface area contributed by atoms with Gasteiger partial charge in [0.25, 0.3) is 0 Å². The van der Waals surface area contributed by atoms with E-state index in [1.54, 1.807) is 22.5 Å². The molecule has 0 aromatic heterocycles. The summed E-state index contributed by atoms with van der Waals surface area (Å²) >= 11 is 16.5. The molecular weight excluding hydrogens is 351 g/mol. The van der Waals surface area contributed by atoms with Gasteiger partial charge in [0, 0.05) is 5.69 Å². The number of hydrogen-bond acceptors (Lipinski definition) is 2. The van der Waals surface area contributed by atoms with E-state index in [4.69, 9.17) is 23.2 Å². The molecule has 4 bridgehead atoms. The van der Waals surface area contributed by atoms with Crippen LogP contribution in [0.5, 0.6) is 0 Å². The monoisotopic (exact) mass is 370 g/mol. The number of amides is 2. The third kappa shape index (κ3) is 2.83. The van der Waals surface area contributed by atoms with Crippen molar-refractivity contribution < 1.29 is 4.79 Å². The fourth-order valence-corrected chi connectivity index (χ4v) is 5.88. The summed E-state index contributed by atoms with van der Waals surface area (Å²) in [5, 5.41) is 3.82. The van der Waals surface area contributed by atoms with E-state index in [9.17, 15) is 4.79 Å². The molecule has 1 aromatic carbocycles. The van der Waals surface area contributed by atoms with Crippen LogP contribution in [-0.2, 0) is 0 Å². The Balaban J connectivity index is 1.51. The van der Waals surface area contributed by atoms with Crippen LogP contribution in [0.2, 0.25) is 10.0 Å². The summed E-state index contributed by atoms with van der Waals surface area (Å²) in [6, 6.07) is 4.94. The van der Waals surface area contributed by atoms with Gasteiger partial charge in [0.1, 0.15) is 0 Å². The number of urea groups is 1. The molecule has 4 saturated carbocycles. The fraction of sp³-hybridized carbons (Fsp3) is 0.588. The summed E-state index contributed by atoms with van der Waals surface area (Å²) in [5.74, 6) is 2.32. The van der Waals surface area contributed by atoms with E-state index in [0.717, 1.165) is 37.0 Å². The summed E-state index contributed by atoms with van der Waals surface area (Å²) < 4.78 is 1.67. The first kappa shape index (κ1) is 15.9. The van der Waals surface area contributed by atoms with Crippen molar-refractivity contribution in [3.8, 4) is 0 Å². The van der Waals surface area contributed by atoms with E-state index in [1.165, 1.54) is 19.3 Å². The Morgan fingerprint density at radius 3 is 2.17 bits per heavy atom. The van der Waals surface area contributed by atoms with Gasteiger partial charge in [0.15, 0.2) is 0 Å². The zero-order valence-corrected chi connectivity index (χ0v) is 15.2. The molecule has 23 heavy (non-hydrogen) atoms. The van der Waals surface area contributed by atoms with Gasteiger partial charge in [-0.15, -0.1) is 0 Å². The van der Waals surface area contributed by atoms with Gasteiger partial charge in [-0.3, -0.25) is 4.31 Å². The highest BCUT2D eigenvalue weighted by molar-refractivity contribution is 7.78. The predicted octanol–water partition coefficient (Wildman–Crippen LogP) is 5.64. The molecular formula is C17H20Cl2N2OS. The van der Waals surface area contributed by atoms with Crippen molar-refractivity contribution in [2.75, 3.05) is 5.32 Å². The Morgan fingerprint density at radius 2 is 1.65 bits per heavy atom. The van der Waals surface area contributed by atoms with Gasteiger partial charge in [0.2, 0.25) is 0 Å². The molecule has 1 N–H and O–H groups in total. The molecule has 5 rings (SSSR count). The molecule has 0 aliphatic heterocycles. The summed E-state index contributed by atoms with van der Waals surface area (Å²) in [6.07, 6.45) is 7.31. The number of thiol groups is 1. The van der Waals surface area contributed by atoms with Crippen LogP contribution in [0, 0.1) is 17.8 Å². The number of carbonyl (C=O) groups excluding carboxylic acids is 1. The minimum absolute atomic E-state index is 0.0713. The maximum Gasteiger partial charge on any atom is 0.332 e. The molecule has 0 atom stereocenters. The van der Waals surface area contributed by atoms with E-state index in [2.05, 4.69) is 18.1 Å². The topological polar surface area (TPSA) is 32.3 Å². The maximum atomic E-state index is 12.7. The van der Waals surface area contributed by atoms with Gasteiger partial charge in [-0.25, -0.2) is 4.79 Å². The molecule has 0 spiro atoms. The number of rotatable bonds is 2. The van der Waals surface area contributed by atoms with Gasteiger partial charge in [0.05, 0.1) is 15.6 Å². The zero-order chi connectivity index (χ0) is 16.2. The number of nitrogens with one attached hydrogen (secondary N) is 1.